The molecular formula is C18H28N4O. The van der Waals surface area contributed by atoms with Gasteiger partial charge in [0.2, 0.25) is 5.91 Å². The first-order valence-corrected chi connectivity index (χ1v) is 8.74. The fraction of sp³-hybridized carbons (Fsp3) is 0.611. The number of hydrogen-bond donors (Lipinski definition) is 2. The first kappa shape index (κ1) is 16.4. The third kappa shape index (κ3) is 4.10. The molecule has 126 valence electrons. The molecule has 0 spiro atoms. The largest absolute Gasteiger partial charge is 0.336 e. The summed E-state index contributed by atoms with van der Waals surface area (Å²) >= 11 is 0. The van der Waals surface area contributed by atoms with Gasteiger partial charge in [0.05, 0.1) is 6.54 Å². The number of piperazine rings is 1. The van der Waals surface area contributed by atoms with Crippen LogP contribution < -0.4 is 11.1 Å². The highest BCUT2D eigenvalue weighted by atomic mass is 16.2. The van der Waals surface area contributed by atoms with Gasteiger partial charge in [-0.25, -0.2) is 0 Å². The smallest absolute Gasteiger partial charge is 0.236 e. The van der Waals surface area contributed by atoms with Gasteiger partial charge in [-0.05, 0) is 37.4 Å². The van der Waals surface area contributed by atoms with Gasteiger partial charge in [-0.3, -0.25) is 9.69 Å². The summed E-state index contributed by atoms with van der Waals surface area (Å²) in [6.45, 7) is 5.97. The number of nitrogens with two attached hydrogens (primary N) is 1. The average Bonchev–Trinajstić information content (AvgIpc) is 2.62. The standard InChI is InChI=1S/C18H28N4O/c19-12-18(23)22-11-8-20-13-17(22)16-6-9-21(10-7-16)14-15-4-2-1-3-5-15/h1-5,16-17,20H,6-14,19H2. The zero-order valence-electron chi connectivity index (χ0n) is 13.8. The molecule has 0 radical (unpaired) electrons. The minimum Gasteiger partial charge on any atom is -0.336 e. The molecule has 1 atom stereocenters. The molecule has 2 aliphatic rings. The van der Waals surface area contributed by atoms with Gasteiger partial charge in [0, 0.05) is 32.2 Å². The van der Waals surface area contributed by atoms with Crippen molar-refractivity contribution in [2.45, 2.75) is 25.4 Å². The van der Waals surface area contributed by atoms with Crippen molar-refractivity contribution in [3.05, 3.63) is 35.9 Å². The third-order valence-corrected chi connectivity index (χ3v) is 5.20. The van der Waals surface area contributed by atoms with Crippen LogP contribution in [0.4, 0.5) is 0 Å². The van der Waals surface area contributed by atoms with Gasteiger partial charge in [-0.2, -0.15) is 0 Å². The summed E-state index contributed by atoms with van der Waals surface area (Å²) in [7, 11) is 0. The molecule has 0 aliphatic carbocycles. The van der Waals surface area contributed by atoms with E-state index in [2.05, 4.69) is 40.5 Å². The summed E-state index contributed by atoms with van der Waals surface area (Å²) in [5.74, 6) is 0.688. The van der Waals surface area contributed by atoms with Gasteiger partial charge in [0.1, 0.15) is 0 Å². The quantitative estimate of drug-likeness (QED) is 0.856. The Morgan fingerprint density at radius 3 is 2.61 bits per heavy atom. The number of benzene rings is 1. The molecule has 1 aromatic rings. The molecule has 3 rings (SSSR count). The Hall–Kier alpha value is -1.43. The lowest BCUT2D eigenvalue weighted by atomic mass is 9.87. The van der Waals surface area contributed by atoms with E-state index in [-0.39, 0.29) is 12.5 Å². The Morgan fingerprint density at radius 1 is 1.17 bits per heavy atom. The van der Waals surface area contributed by atoms with Crippen molar-refractivity contribution < 1.29 is 4.79 Å². The number of amides is 1. The fourth-order valence-electron chi connectivity index (χ4n) is 3.91. The van der Waals surface area contributed by atoms with Gasteiger partial charge >= 0.3 is 0 Å². The first-order valence-electron chi connectivity index (χ1n) is 8.74. The average molecular weight is 316 g/mol. The molecule has 1 aromatic carbocycles. The SMILES string of the molecule is NCC(=O)N1CCNCC1C1CCN(Cc2ccccc2)CC1. The number of hydrogen-bond acceptors (Lipinski definition) is 4. The lowest BCUT2D eigenvalue weighted by Crippen LogP contribution is -2.59. The van der Waals surface area contributed by atoms with E-state index in [0.717, 1.165) is 52.1 Å². The number of piperidine rings is 1. The van der Waals surface area contributed by atoms with Crippen LogP contribution in [-0.2, 0) is 11.3 Å². The predicted octanol–water partition coefficient (Wildman–Crippen LogP) is 0.658. The molecule has 2 saturated heterocycles. The highest BCUT2D eigenvalue weighted by molar-refractivity contribution is 5.78. The number of carbonyl (C=O) groups excluding carboxylic acids is 1. The summed E-state index contributed by atoms with van der Waals surface area (Å²) < 4.78 is 0. The Labute approximate surface area is 138 Å². The van der Waals surface area contributed by atoms with Crippen molar-refractivity contribution in [1.82, 2.24) is 15.1 Å². The van der Waals surface area contributed by atoms with Crippen molar-refractivity contribution in [1.29, 1.82) is 0 Å². The number of carbonyl (C=O) groups is 1. The lowest BCUT2D eigenvalue weighted by Gasteiger charge is -2.43. The van der Waals surface area contributed by atoms with E-state index in [4.69, 9.17) is 5.73 Å². The zero-order valence-corrected chi connectivity index (χ0v) is 13.8. The van der Waals surface area contributed by atoms with Gasteiger partial charge < -0.3 is 16.0 Å². The lowest BCUT2D eigenvalue weighted by molar-refractivity contribution is -0.134. The summed E-state index contributed by atoms with van der Waals surface area (Å²) in [4.78, 5) is 16.6. The Balaban J connectivity index is 1.54. The minimum atomic E-state index is 0.100. The summed E-state index contributed by atoms with van der Waals surface area (Å²) in [5, 5.41) is 3.44. The van der Waals surface area contributed by atoms with Crippen LogP contribution in [0.2, 0.25) is 0 Å². The zero-order chi connectivity index (χ0) is 16.1. The number of likely N-dealkylation sites (tertiary alicyclic amines) is 1. The molecule has 5 nitrogen and oxygen atoms in total. The predicted molar refractivity (Wildman–Crippen MR) is 91.9 cm³/mol. The minimum absolute atomic E-state index is 0.100. The third-order valence-electron chi connectivity index (χ3n) is 5.20. The van der Waals surface area contributed by atoms with E-state index in [1.807, 2.05) is 4.90 Å². The van der Waals surface area contributed by atoms with Crippen LogP contribution in [-0.4, -0.2) is 61.0 Å². The molecule has 2 heterocycles. The van der Waals surface area contributed by atoms with E-state index in [1.165, 1.54) is 5.56 Å². The van der Waals surface area contributed by atoms with E-state index in [0.29, 0.717) is 12.0 Å². The molecule has 1 amide bonds. The maximum Gasteiger partial charge on any atom is 0.236 e. The van der Waals surface area contributed by atoms with Crippen LogP contribution in [0.25, 0.3) is 0 Å². The Morgan fingerprint density at radius 2 is 1.91 bits per heavy atom. The van der Waals surface area contributed by atoms with Crippen LogP contribution in [0.15, 0.2) is 30.3 Å². The molecule has 2 aliphatic heterocycles. The highest BCUT2D eigenvalue weighted by Crippen LogP contribution is 2.26. The number of nitrogens with one attached hydrogen (secondary N) is 1. The van der Waals surface area contributed by atoms with Crippen molar-refractivity contribution in [2.75, 3.05) is 39.3 Å². The van der Waals surface area contributed by atoms with Crippen molar-refractivity contribution in [3.63, 3.8) is 0 Å². The maximum atomic E-state index is 12.1. The molecular weight excluding hydrogens is 288 g/mol. The fourth-order valence-corrected chi connectivity index (χ4v) is 3.91. The first-order chi connectivity index (χ1) is 11.3. The van der Waals surface area contributed by atoms with Crippen LogP contribution in [0, 0.1) is 5.92 Å². The molecule has 0 bridgehead atoms. The maximum absolute atomic E-state index is 12.1. The van der Waals surface area contributed by atoms with Crippen LogP contribution >= 0.6 is 0 Å². The molecule has 0 saturated carbocycles. The number of rotatable bonds is 4. The molecule has 0 aromatic heterocycles. The highest BCUT2D eigenvalue weighted by Gasteiger charge is 2.34. The van der Waals surface area contributed by atoms with Crippen molar-refractivity contribution in [2.24, 2.45) is 11.7 Å². The topological polar surface area (TPSA) is 61.6 Å². The second-order valence-electron chi connectivity index (χ2n) is 6.66. The van der Waals surface area contributed by atoms with Crippen molar-refractivity contribution >= 4 is 5.91 Å². The van der Waals surface area contributed by atoms with E-state index in [9.17, 15) is 4.79 Å². The normalized spacial score (nSPS) is 23.9. The Kier molecular flexibility index (Phi) is 5.65. The van der Waals surface area contributed by atoms with Gasteiger partial charge in [0.25, 0.3) is 0 Å². The summed E-state index contributed by atoms with van der Waals surface area (Å²) in [6.07, 6.45) is 2.32. The van der Waals surface area contributed by atoms with Crippen LogP contribution in [0.1, 0.15) is 18.4 Å². The van der Waals surface area contributed by atoms with E-state index >= 15 is 0 Å². The van der Waals surface area contributed by atoms with Gasteiger partial charge in [-0.15, -0.1) is 0 Å². The second kappa shape index (κ2) is 7.90. The van der Waals surface area contributed by atoms with E-state index in [1.54, 1.807) is 0 Å². The number of nitrogens with zero attached hydrogens (tertiary/aromatic N) is 2. The summed E-state index contributed by atoms with van der Waals surface area (Å²) in [5.41, 5.74) is 6.96. The van der Waals surface area contributed by atoms with Crippen molar-refractivity contribution in [3.8, 4) is 0 Å². The Bertz CT molecular complexity index is 499. The molecule has 23 heavy (non-hydrogen) atoms. The van der Waals surface area contributed by atoms with Gasteiger partial charge in [0.15, 0.2) is 0 Å². The molecule has 5 heteroatoms. The van der Waals surface area contributed by atoms with Gasteiger partial charge in [-0.1, -0.05) is 30.3 Å². The molecule has 2 fully saturated rings. The monoisotopic (exact) mass is 316 g/mol. The summed E-state index contributed by atoms with van der Waals surface area (Å²) in [6, 6.07) is 11.0. The molecule has 3 N–H and O–H groups in total. The van der Waals surface area contributed by atoms with E-state index < -0.39 is 0 Å². The van der Waals surface area contributed by atoms with Crippen LogP contribution in [0.3, 0.4) is 0 Å². The molecule has 1 unspecified atom stereocenters. The van der Waals surface area contributed by atoms with Crippen LogP contribution in [0.5, 0.6) is 0 Å². The second-order valence-corrected chi connectivity index (χ2v) is 6.66.